The SMILES string of the molecule is Cc1cc(OCCC(N)C#N)c(F)cc1[N+](=O)[O-]. The van der Waals surface area contributed by atoms with Crippen LogP contribution >= 0.6 is 0 Å². The van der Waals surface area contributed by atoms with Crippen LogP contribution in [0, 0.1) is 34.2 Å². The topological polar surface area (TPSA) is 102 Å². The Bertz CT molecular complexity index is 499. The summed E-state index contributed by atoms with van der Waals surface area (Å²) in [6.45, 7) is 1.56. The third-order valence-corrected chi connectivity index (χ3v) is 2.30. The van der Waals surface area contributed by atoms with Crippen molar-refractivity contribution in [3.63, 3.8) is 0 Å². The van der Waals surface area contributed by atoms with E-state index in [0.717, 1.165) is 6.07 Å². The molecule has 7 heteroatoms. The van der Waals surface area contributed by atoms with Gasteiger partial charge in [-0.3, -0.25) is 10.1 Å². The fraction of sp³-hybridized carbons (Fsp3) is 0.364. The Kier molecular flexibility index (Phi) is 4.57. The first-order chi connectivity index (χ1) is 8.45. The first-order valence-electron chi connectivity index (χ1n) is 5.18. The molecule has 0 radical (unpaired) electrons. The second kappa shape index (κ2) is 5.93. The van der Waals surface area contributed by atoms with Crippen molar-refractivity contribution < 1.29 is 14.1 Å². The van der Waals surface area contributed by atoms with Crippen molar-refractivity contribution in [2.24, 2.45) is 5.73 Å². The number of nitro groups is 1. The number of benzene rings is 1. The Morgan fingerprint density at radius 1 is 1.67 bits per heavy atom. The molecule has 2 N–H and O–H groups in total. The average Bonchev–Trinajstić information content (AvgIpc) is 2.32. The minimum atomic E-state index is -0.808. The van der Waals surface area contributed by atoms with E-state index in [-0.39, 0.29) is 24.5 Å². The van der Waals surface area contributed by atoms with Crippen molar-refractivity contribution in [2.75, 3.05) is 6.61 Å². The molecule has 96 valence electrons. The molecule has 1 rings (SSSR count). The number of hydrogen-bond donors (Lipinski definition) is 1. The lowest BCUT2D eigenvalue weighted by atomic mass is 10.2. The van der Waals surface area contributed by atoms with Gasteiger partial charge in [0.15, 0.2) is 11.6 Å². The number of nitrogens with two attached hydrogens (primary N) is 1. The molecule has 0 spiro atoms. The first kappa shape index (κ1) is 13.9. The zero-order valence-corrected chi connectivity index (χ0v) is 9.72. The Morgan fingerprint density at radius 3 is 2.89 bits per heavy atom. The maximum atomic E-state index is 13.5. The van der Waals surface area contributed by atoms with E-state index >= 15 is 0 Å². The van der Waals surface area contributed by atoms with Crippen LogP contribution in [0.25, 0.3) is 0 Å². The minimum absolute atomic E-state index is 0.0723. The molecule has 0 aliphatic rings. The van der Waals surface area contributed by atoms with Crippen molar-refractivity contribution in [1.82, 2.24) is 0 Å². The van der Waals surface area contributed by atoms with Crippen LogP contribution in [0.2, 0.25) is 0 Å². The number of rotatable bonds is 5. The summed E-state index contributed by atoms with van der Waals surface area (Å²) < 4.78 is 18.6. The monoisotopic (exact) mass is 253 g/mol. The summed E-state index contributed by atoms with van der Waals surface area (Å²) in [6.07, 6.45) is 0.256. The Balaban J connectivity index is 2.77. The van der Waals surface area contributed by atoms with Gasteiger partial charge in [0, 0.05) is 12.0 Å². The van der Waals surface area contributed by atoms with E-state index in [1.54, 1.807) is 0 Å². The molecule has 0 aliphatic heterocycles. The number of nitriles is 1. The highest BCUT2D eigenvalue weighted by molar-refractivity contribution is 5.45. The van der Waals surface area contributed by atoms with E-state index in [1.165, 1.54) is 13.0 Å². The van der Waals surface area contributed by atoms with Gasteiger partial charge in [-0.25, -0.2) is 4.39 Å². The van der Waals surface area contributed by atoms with Gasteiger partial charge in [-0.2, -0.15) is 5.26 Å². The van der Waals surface area contributed by atoms with Gasteiger partial charge in [0.2, 0.25) is 0 Å². The highest BCUT2D eigenvalue weighted by Crippen LogP contribution is 2.27. The van der Waals surface area contributed by atoms with E-state index in [4.69, 9.17) is 15.7 Å². The van der Waals surface area contributed by atoms with Gasteiger partial charge in [-0.15, -0.1) is 0 Å². The molecule has 0 amide bonds. The molecule has 0 aromatic heterocycles. The van der Waals surface area contributed by atoms with Crippen molar-refractivity contribution in [3.05, 3.63) is 33.6 Å². The number of nitrogens with zero attached hydrogens (tertiary/aromatic N) is 2. The summed E-state index contributed by atoms with van der Waals surface area (Å²) in [5.41, 5.74) is 5.35. The van der Waals surface area contributed by atoms with E-state index in [1.807, 2.05) is 6.07 Å². The van der Waals surface area contributed by atoms with Gasteiger partial charge in [0.1, 0.15) is 0 Å². The van der Waals surface area contributed by atoms with Crippen LogP contribution in [0.5, 0.6) is 5.75 Å². The molecule has 1 aromatic carbocycles. The third kappa shape index (κ3) is 3.40. The van der Waals surface area contributed by atoms with Crippen LogP contribution in [-0.2, 0) is 0 Å². The number of nitro benzene ring substituents is 1. The fourth-order valence-electron chi connectivity index (χ4n) is 1.31. The van der Waals surface area contributed by atoms with Gasteiger partial charge >= 0.3 is 0 Å². The maximum Gasteiger partial charge on any atom is 0.275 e. The predicted octanol–water partition coefficient (Wildman–Crippen LogP) is 1.66. The molecule has 0 fully saturated rings. The standard InChI is InChI=1S/C11H12FN3O3/c1-7-4-11(18-3-2-8(14)6-13)9(12)5-10(7)15(16)17/h4-5,8H,2-3,14H2,1H3. The smallest absolute Gasteiger partial charge is 0.275 e. The molecular formula is C11H12FN3O3. The summed E-state index contributed by atoms with van der Waals surface area (Å²) in [7, 11) is 0. The molecule has 0 bridgehead atoms. The number of aryl methyl sites for hydroxylation is 1. The summed E-state index contributed by atoms with van der Waals surface area (Å²) in [5, 5.41) is 19.0. The molecule has 1 unspecified atom stereocenters. The van der Waals surface area contributed by atoms with Gasteiger partial charge < -0.3 is 10.5 Å². The van der Waals surface area contributed by atoms with Crippen molar-refractivity contribution in [2.45, 2.75) is 19.4 Å². The predicted molar refractivity (Wildman–Crippen MR) is 61.5 cm³/mol. The van der Waals surface area contributed by atoms with Crippen molar-refractivity contribution in [3.8, 4) is 11.8 Å². The second-order valence-corrected chi connectivity index (χ2v) is 3.70. The zero-order valence-electron chi connectivity index (χ0n) is 9.72. The Hall–Kier alpha value is -2.20. The number of hydrogen-bond acceptors (Lipinski definition) is 5. The molecule has 0 heterocycles. The summed E-state index contributed by atoms with van der Waals surface area (Å²) in [4.78, 5) is 9.91. The van der Waals surface area contributed by atoms with E-state index in [2.05, 4.69) is 0 Å². The highest BCUT2D eigenvalue weighted by atomic mass is 19.1. The molecule has 6 nitrogen and oxygen atoms in total. The molecule has 1 aromatic rings. The third-order valence-electron chi connectivity index (χ3n) is 2.30. The van der Waals surface area contributed by atoms with E-state index in [0.29, 0.717) is 5.56 Å². The van der Waals surface area contributed by atoms with E-state index in [9.17, 15) is 14.5 Å². The largest absolute Gasteiger partial charge is 0.490 e. The molecule has 0 saturated heterocycles. The molecule has 18 heavy (non-hydrogen) atoms. The zero-order chi connectivity index (χ0) is 13.7. The van der Waals surface area contributed by atoms with Gasteiger partial charge in [0.05, 0.1) is 29.7 Å². The van der Waals surface area contributed by atoms with Gasteiger partial charge in [-0.1, -0.05) is 0 Å². The molecular weight excluding hydrogens is 241 g/mol. The quantitative estimate of drug-likeness (QED) is 0.635. The summed E-state index contributed by atoms with van der Waals surface area (Å²) in [5.74, 6) is -0.888. The molecule has 1 atom stereocenters. The average molecular weight is 253 g/mol. The normalized spacial score (nSPS) is 11.7. The van der Waals surface area contributed by atoms with Crippen LogP contribution < -0.4 is 10.5 Å². The van der Waals surface area contributed by atoms with Crippen LogP contribution in [0.3, 0.4) is 0 Å². The van der Waals surface area contributed by atoms with E-state index < -0.39 is 16.8 Å². The summed E-state index contributed by atoms with van der Waals surface area (Å²) >= 11 is 0. The second-order valence-electron chi connectivity index (χ2n) is 3.70. The maximum absolute atomic E-state index is 13.5. The van der Waals surface area contributed by atoms with Crippen LogP contribution in [0.4, 0.5) is 10.1 Å². The van der Waals surface area contributed by atoms with Crippen LogP contribution in [0.1, 0.15) is 12.0 Å². The fourth-order valence-corrected chi connectivity index (χ4v) is 1.31. The number of ether oxygens (including phenoxy) is 1. The highest BCUT2D eigenvalue weighted by Gasteiger charge is 2.16. The minimum Gasteiger partial charge on any atom is -0.490 e. The van der Waals surface area contributed by atoms with Crippen LogP contribution in [0.15, 0.2) is 12.1 Å². The van der Waals surface area contributed by atoms with Crippen LogP contribution in [-0.4, -0.2) is 17.6 Å². The lowest BCUT2D eigenvalue weighted by Crippen LogP contribution is -2.20. The molecule has 0 aliphatic carbocycles. The van der Waals surface area contributed by atoms with Gasteiger partial charge in [0.25, 0.3) is 5.69 Å². The molecule has 0 saturated carbocycles. The van der Waals surface area contributed by atoms with Gasteiger partial charge in [-0.05, 0) is 13.0 Å². The Labute approximate surface area is 103 Å². The lowest BCUT2D eigenvalue weighted by Gasteiger charge is -2.09. The van der Waals surface area contributed by atoms with Crippen molar-refractivity contribution >= 4 is 5.69 Å². The Morgan fingerprint density at radius 2 is 2.33 bits per heavy atom. The van der Waals surface area contributed by atoms with Crippen molar-refractivity contribution in [1.29, 1.82) is 5.26 Å². The first-order valence-corrected chi connectivity index (χ1v) is 5.18. The number of halogens is 1. The summed E-state index contributed by atoms with van der Waals surface area (Å²) in [6, 6.07) is 3.21. The lowest BCUT2D eigenvalue weighted by molar-refractivity contribution is -0.385.